The van der Waals surface area contributed by atoms with E-state index in [1.807, 2.05) is 0 Å². The minimum absolute atomic E-state index is 0.690. The van der Waals surface area contributed by atoms with Crippen LogP contribution in [0.3, 0.4) is 0 Å². The Kier molecular flexibility index (Phi) is 3.12. The first kappa shape index (κ1) is 11.5. The molecule has 0 amide bonds. The van der Waals surface area contributed by atoms with Gasteiger partial charge in [0.2, 0.25) is 0 Å². The van der Waals surface area contributed by atoms with Crippen LogP contribution in [0.2, 0.25) is 0 Å². The van der Waals surface area contributed by atoms with Gasteiger partial charge in [-0.25, -0.2) is 0 Å². The van der Waals surface area contributed by atoms with Crippen LogP contribution in [0.4, 0.5) is 0 Å². The number of allylic oxidation sites excluding steroid dienone is 4. The molecule has 0 spiro atoms. The highest BCUT2D eigenvalue weighted by Crippen LogP contribution is 2.45. The van der Waals surface area contributed by atoms with Crippen LogP contribution in [0.1, 0.15) is 40.4 Å². The third-order valence-electron chi connectivity index (χ3n) is 3.84. The molecule has 1 aromatic carbocycles. The minimum Gasteiger partial charge on any atom is -0.0836 e. The summed E-state index contributed by atoms with van der Waals surface area (Å²) in [7, 11) is 0. The van der Waals surface area contributed by atoms with Crippen LogP contribution in [0.15, 0.2) is 36.4 Å². The number of alkyl halides is 1. The summed E-state index contributed by atoms with van der Waals surface area (Å²) in [4.78, 5) is 0. The normalized spacial score (nSPS) is 26.8. The monoisotopic (exact) mass is 336 g/mol. The molecule has 1 heteroatoms. The summed E-state index contributed by atoms with van der Waals surface area (Å²) >= 11 is 2.60. The Morgan fingerprint density at radius 3 is 2.88 bits per heavy atom. The van der Waals surface area contributed by atoms with Gasteiger partial charge < -0.3 is 0 Å². The lowest BCUT2D eigenvalue weighted by molar-refractivity contribution is 0.631. The van der Waals surface area contributed by atoms with E-state index in [0.717, 1.165) is 5.92 Å². The largest absolute Gasteiger partial charge is 0.0836 e. The smallest absolute Gasteiger partial charge is 0.0391 e. The van der Waals surface area contributed by atoms with Gasteiger partial charge in [0.1, 0.15) is 0 Å². The van der Waals surface area contributed by atoms with Crippen molar-refractivity contribution in [3.63, 3.8) is 0 Å². The van der Waals surface area contributed by atoms with Gasteiger partial charge in [0.05, 0.1) is 0 Å². The number of hydrogen-bond acceptors (Lipinski definition) is 0. The molecule has 1 unspecified atom stereocenters. The zero-order valence-electron chi connectivity index (χ0n) is 10.1. The highest BCUT2D eigenvalue weighted by atomic mass is 127. The number of halogens is 1. The number of fused-ring (bicyclic) bond motifs is 1. The molecule has 88 valence electrons. The summed E-state index contributed by atoms with van der Waals surface area (Å²) in [6.45, 7) is 2.37. The maximum absolute atomic E-state index is 2.60. The van der Waals surface area contributed by atoms with Crippen LogP contribution in [-0.2, 0) is 6.42 Å². The van der Waals surface area contributed by atoms with E-state index in [2.05, 4.69) is 65.9 Å². The molecule has 0 aliphatic heterocycles. The van der Waals surface area contributed by atoms with Gasteiger partial charge in [0.25, 0.3) is 0 Å². The van der Waals surface area contributed by atoms with Crippen LogP contribution in [0.25, 0.3) is 5.57 Å². The first-order valence-electron chi connectivity index (χ1n) is 6.40. The van der Waals surface area contributed by atoms with E-state index < -0.39 is 0 Å². The lowest BCUT2D eigenvalue weighted by Crippen LogP contribution is -1.94. The summed E-state index contributed by atoms with van der Waals surface area (Å²) in [5, 5.41) is 0. The highest BCUT2D eigenvalue weighted by Gasteiger charge is 2.29. The maximum Gasteiger partial charge on any atom is 0.0391 e. The Hall–Kier alpha value is -0.570. The van der Waals surface area contributed by atoms with Crippen molar-refractivity contribution in [2.75, 3.05) is 0 Å². The quantitative estimate of drug-likeness (QED) is 0.495. The van der Waals surface area contributed by atoms with E-state index in [4.69, 9.17) is 0 Å². The van der Waals surface area contributed by atoms with Gasteiger partial charge in [-0.3, -0.25) is 0 Å². The first-order valence-corrected chi connectivity index (χ1v) is 7.65. The third kappa shape index (κ3) is 1.99. The SMILES string of the molecule is C[C@H]1Cc2c(C3=CCCC=C3)cccc2C1I. The number of rotatable bonds is 1. The second-order valence-electron chi connectivity index (χ2n) is 5.10. The van der Waals surface area contributed by atoms with Gasteiger partial charge in [-0.05, 0) is 47.4 Å². The molecule has 0 bridgehead atoms. The van der Waals surface area contributed by atoms with Gasteiger partial charge in [0, 0.05) is 3.92 Å². The van der Waals surface area contributed by atoms with Crippen LogP contribution in [-0.4, -0.2) is 0 Å². The van der Waals surface area contributed by atoms with Crippen LogP contribution in [0, 0.1) is 5.92 Å². The second kappa shape index (κ2) is 4.60. The summed E-state index contributed by atoms with van der Waals surface area (Å²) in [6, 6.07) is 6.83. The third-order valence-corrected chi connectivity index (χ3v) is 5.74. The van der Waals surface area contributed by atoms with Crippen molar-refractivity contribution >= 4 is 28.2 Å². The molecule has 0 fully saturated rings. The van der Waals surface area contributed by atoms with Crippen molar-refractivity contribution < 1.29 is 0 Å². The van der Waals surface area contributed by atoms with Gasteiger partial charge in [-0.1, -0.05) is 65.9 Å². The van der Waals surface area contributed by atoms with Crippen molar-refractivity contribution in [3.8, 4) is 0 Å². The lowest BCUT2D eigenvalue weighted by Gasteiger charge is -2.12. The average molecular weight is 336 g/mol. The Morgan fingerprint density at radius 2 is 2.12 bits per heavy atom. The minimum atomic E-state index is 0.690. The van der Waals surface area contributed by atoms with Crippen LogP contribution < -0.4 is 0 Å². The standard InChI is InChI=1S/C16H17I/c1-11-10-15-13(12-6-3-2-4-7-12)8-5-9-14(15)16(11)17/h3,5-9,11,16H,2,4,10H2,1H3/t11-,16?/m0/s1. The zero-order valence-corrected chi connectivity index (χ0v) is 12.3. The molecule has 17 heavy (non-hydrogen) atoms. The average Bonchev–Trinajstić information content (AvgIpc) is 2.67. The zero-order chi connectivity index (χ0) is 11.8. The van der Waals surface area contributed by atoms with E-state index >= 15 is 0 Å². The van der Waals surface area contributed by atoms with E-state index in [-0.39, 0.29) is 0 Å². The van der Waals surface area contributed by atoms with Crippen LogP contribution in [0.5, 0.6) is 0 Å². The molecular formula is C16H17I. The van der Waals surface area contributed by atoms with Gasteiger partial charge in [-0.15, -0.1) is 0 Å². The summed E-state index contributed by atoms with van der Waals surface area (Å²) in [6.07, 6.45) is 10.6. The molecule has 0 N–H and O–H groups in total. The maximum atomic E-state index is 2.60. The van der Waals surface area contributed by atoms with Crippen molar-refractivity contribution in [2.45, 2.75) is 30.1 Å². The second-order valence-corrected chi connectivity index (χ2v) is 6.44. The van der Waals surface area contributed by atoms with Gasteiger partial charge in [0.15, 0.2) is 0 Å². The lowest BCUT2D eigenvalue weighted by atomic mass is 9.93. The van der Waals surface area contributed by atoms with Crippen molar-refractivity contribution in [2.24, 2.45) is 5.92 Å². The molecule has 0 saturated heterocycles. The summed E-state index contributed by atoms with van der Waals surface area (Å²) in [5.74, 6) is 0.778. The van der Waals surface area contributed by atoms with Crippen molar-refractivity contribution in [1.82, 2.24) is 0 Å². The Labute approximate surface area is 117 Å². The van der Waals surface area contributed by atoms with E-state index in [1.54, 1.807) is 11.1 Å². The molecule has 0 aromatic heterocycles. The van der Waals surface area contributed by atoms with Gasteiger partial charge >= 0.3 is 0 Å². The fraction of sp³-hybridized carbons (Fsp3) is 0.375. The molecule has 3 rings (SSSR count). The van der Waals surface area contributed by atoms with Crippen molar-refractivity contribution in [1.29, 1.82) is 0 Å². The van der Waals surface area contributed by atoms with Gasteiger partial charge in [-0.2, -0.15) is 0 Å². The molecule has 2 aliphatic rings. The Balaban J connectivity index is 2.08. The predicted octanol–water partition coefficient (Wildman–Crippen LogP) is 5.09. The van der Waals surface area contributed by atoms with E-state index in [0.29, 0.717) is 3.92 Å². The van der Waals surface area contributed by atoms with Crippen LogP contribution >= 0.6 is 22.6 Å². The molecule has 0 nitrogen and oxygen atoms in total. The highest BCUT2D eigenvalue weighted by molar-refractivity contribution is 14.1. The molecular weight excluding hydrogens is 319 g/mol. The van der Waals surface area contributed by atoms with E-state index in [1.165, 1.54) is 30.4 Å². The summed E-state index contributed by atoms with van der Waals surface area (Å²) in [5.41, 5.74) is 6.07. The fourth-order valence-electron chi connectivity index (χ4n) is 2.91. The molecule has 1 aromatic rings. The topological polar surface area (TPSA) is 0 Å². The molecule has 2 aliphatic carbocycles. The molecule has 0 radical (unpaired) electrons. The Bertz CT molecular complexity index is 496. The number of benzene rings is 1. The summed E-state index contributed by atoms with van der Waals surface area (Å²) < 4.78 is 0.690. The van der Waals surface area contributed by atoms with E-state index in [9.17, 15) is 0 Å². The first-order chi connectivity index (χ1) is 8.27. The fourth-order valence-corrected chi connectivity index (χ4v) is 3.74. The molecule has 0 saturated carbocycles. The number of hydrogen-bond donors (Lipinski definition) is 0. The molecule has 0 heterocycles. The molecule has 2 atom stereocenters. The Morgan fingerprint density at radius 1 is 1.24 bits per heavy atom. The predicted molar refractivity (Wildman–Crippen MR) is 82.4 cm³/mol. The van der Waals surface area contributed by atoms with Crippen molar-refractivity contribution in [3.05, 3.63) is 53.1 Å².